The van der Waals surface area contributed by atoms with Gasteiger partial charge in [-0.25, -0.2) is 0 Å². The molecule has 0 aromatic rings. The third-order valence-electron chi connectivity index (χ3n) is 4.25. The number of nitrogens with one attached hydrogen (secondary N) is 1. The van der Waals surface area contributed by atoms with Crippen LogP contribution in [0, 0.1) is 0 Å². The van der Waals surface area contributed by atoms with Gasteiger partial charge in [-0.1, -0.05) is 25.8 Å². The number of rotatable bonds is 12. The number of allylic oxidation sites excluding steroid dienone is 1. The van der Waals surface area contributed by atoms with Crippen molar-refractivity contribution in [2.24, 2.45) is 0 Å². The summed E-state index contributed by atoms with van der Waals surface area (Å²) in [4.78, 5) is 0. The molecule has 0 radical (unpaired) electrons. The lowest BCUT2D eigenvalue weighted by molar-refractivity contribution is 0.00841. The molecule has 0 aliphatic carbocycles. The molecule has 1 aliphatic heterocycles. The fraction of sp³-hybridized carbons (Fsp3) is 0.889. The second kappa shape index (κ2) is 12.4. The van der Waals surface area contributed by atoms with Gasteiger partial charge >= 0.3 is 0 Å². The fourth-order valence-electron chi connectivity index (χ4n) is 2.98. The van der Waals surface area contributed by atoms with Crippen LogP contribution in [0.2, 0.25) is 0 Å². The second-order valence-electron chi connectivity index (χ2n) is 6.14. The molecule has 1 heterocycles. The lowest BCUT2D eigenvalue weighted by Gasteiger charge is -2.25. The van der Waals surface area contributed by atoms with Crippen molar-refractivity contribution in [2.45, 2.75) is 89.7 Å². The Kier molecular flexibility index (Phi) is 11.0. The number of hydrogen-bond acceptors (Lipinski definition) is 2. The SMILES string of the molecule is C=CCCCCCC(CCC1CCCCO1)NCCC. The number of unbranched alkanes of at least 4 members (excludes halogenated alkanes) is 3. The zero-order chi connectivity index (χ0) is 14.5. The Bertz CT molecular complexity index is 223. The number of ether oxygens (including phenoxy) is 1. The lowest BCUT2D eigenvalue weighted by Crippen LogP contribution is -2.31. The minimum Gasteiger partial charge on any atom is -0.378 e. The van der Waals surface area contributed by atoms with E-state index in [2.05, 4.69) is 18.8 Å². The molecule has 1 saturated heterocycles. The van der Waals surface area contributed by atoms with Crippen molar-refractivity contribution in [3.05, 3.63) is 12.7 Å². The Morgan fingerprint density at radius 1 is 1.25 bits per heavy atom. The van der Waals surface area contributed by atoms with Crippen molar-refractivity contribution in [1.82, 2.24) is 5.32 Å². The van der Waals surface area contributed by atoms with Crippen LogP contribution in [-0.4, -0.2) is 25.3 Å². The van der Waals surface area contributed by atoms with Gasteiger partial charge in [0, 0.05) is 12.6 Å². The maximum absolute atomic E-state index is 5.85. The Morgan fingerprint density at radius 2 is 2.15 bits per heavy atom. The van der Waals surface area contributed by atoms with E-state index in [1.165, 1.54) is 70.6 Å². The van der Waals surface area contributed by atoms with Crippen molar-refractivity contribution >= 4 is 0 Å². The second-order valence-corrected chi connectivity index (χ2v) is 6.14. The van der Waals surface area contributed by atoms with E-state index < -0.39 is 0 Å². The fourth-order valence-corrected chi connectivity index (χ4v) is 2.98. The third kappa shape index (κ3) is 8.76. The molecule has 1 rings (SSSR count). The zero-order valence-corrected chi connectivity index (χ0v) is 13.5. The first-order valence-corrected chi connectivity index (χ1v) is 8.82. The first-order chi connectivity index (χ1) is 9.86. The normalized spacial score (nSPS) is 20.8. The Labute approximate surface area is 126 Å². The van der Waals surface area contributed by atoms with Gasteiger partial charge in [0.2, 0.25) is 0 Å². The maximum atomic E-state index is 5.85. The predicted octanol–water partition coefficient (Wildman–Crippen LogP) is 4.84. The molecule has 0 amide bonds. The summed E-state index contributed by atoms with van der Waals surface area (Å²) in [5.74, 6) is 0. The van der Waals surface area contributed by atoms with Gasteiger partial charge in [-0.15, -0.1) is 6.58 Å². The van der Waals surface area contributed by atoms with E-state index in [1.54, 1.807) is 0 Å². The Hall–Kier alpha value is -0.340. The standard InChI is InChI=1S/C18H35NO/c1-3-5-6-7-8-11-17(19-15-4-2)13-14-18-12-9-10-16-20-18/h3,17-19H,1,4-16H2,2H3. The first kappa shape index (κ1) is 17.7. The summed E-state index contributed by atoms with van der Waals surface area (Å²) in [6, 6.07) is 0.698. The van der Waals surface area contributed by atoms with E-state index in [-0.39, 0.29) is 0 Å². The van der Waals surface area contributed by atoms with Crippen LogP contribution in [0.5, 0.6) is 0 Å². The van der Waals surface area contributed by atoms with Crippen molar-refractivity contribution < 1.29 is 4.74 Å². The first-order valence-electron chi connectivity index (χ1n) is 8.82. The molecule has 2 nitrogen and oxygen atoms in total. The van der Waals surface area contributed by atoms with E-state index in [1.807, 2.05) is 6.08 Å². The summed E-state index contributed by atoms with van der Waals surface area (Å²) >= 11 is 0. The molecule has 20 heavy (non-hydrogen) atoms. The summed E-state index contributed by atoms with van der Waals surface area (Å²) in [5.41, 5.74) is 0. The summed E-state index contributed by atoms with van der Waals surface area (Å²) in [7, 11) is 0. The van der Waals surface area contributed by atoms with Crippen LogP contribution < -0.4 is 5.32 Å². The summed E-state index contributed by atoms with van der Waals surface area (Å²) < 4.78 is 5.85. The van der Waals surface area contributed by atoms with Crippen molar-refractivity contribution in [2.75, 3.05) is 13.2 Å². The smallest absolute Gasteiger partial charge is 0.0575 e. The minimum atomic E-state index is 0.537. The van der Waals surface area contributed by atoms with Gasteiger partial charge in [-0.05, 0) is 64.3 Å². The van der Waals surface area contributed by atoms with Crippen LogP contribution >= 0.6 is 0 Å². The molecule has 1 fully saturated rings. The van der Waals surface area contributed by atoms with Gasteiger partial charge in [0.05, 0.1) is 6.10 Å². The van der Waals surface area contributed by atoms with Crippen molar-refractivity contribution in [1.29, 1.82) is 0 Å². The third-order valence-corrected chi connectivity index (χ3v) is 4.25. The van der Waals surface area contributed by atoms with Gasteiger partial charge in [-0.2, -0.15) is 0 Å². The molecule has 0 aromatic heterocycles. The highest BCUT2D eigenvalue weighted by Crippen LogP contribution is 2.19. The van der Waals surface area contributed by atoms with Gasteiger partial charge in [-0.3, -0.25) is 0 Å². The lowest BCUT2D eigenvalue weighted by atomic mass is 9.98. The van der Waals surface area contributed by atoms with E-state index in [0.29, 0.717) is 12.1 Å². The van der Waals surface area contributed by atoms with Gasteiger partial charge in [0.25, 0.3) is 0 Å². The predicted molar refractivity (Wildman–Crippen MR) is 88.2 cm³/mol. The van der Waals surface area contributed by atoms with E-state index in [9.17, 15) is 0 Å². The molecule has 2 unspecified atom stereocenters. The van der Waals surface area contributed by atoms with Crippen LogP contribution in [0.4, 0.5) is 0 Å². The molecule has 0 aromatic carbocycles. The molecule has 118 valence electrons. The monoisotopic (exact) mass is 281 g/mol. The molecule has 1 N–H and O–H groups in total. The van der Waals surface area contributed by atoms with Crippen LogP contribution in [0.25, 0.3) is 0 Å². The summed E-state index contributed by atoms with van der Waals surface area (Å²) in [5, 5.41) is 3.72. The van der Waals surface area contributed by atoms with Crippen molar-refractivity contribution in [3.63, 3.8) is 0 Å². The van der Waals surface area contributed by atoms with Crippen LogP contribution in [0.1, 0.15) is 77.6 Å². The van der Waals surface area contributed by atoms with Gasteiger partial charge < -0.3 is 10.1 Å². The summed E-state index contributed by atoms with van der Waals surface area (Å²) in [6.45, 7) is 8.18. The highest BCUT2D eigenvalue weighted by molar-refractivity contribution is 4.72. The largest absolute Gasteiger partial charge is 0.378 e. The Morgan fingerprint density at radius 3 is 2.85 bits per heavy atom. The quantitative estimate of drug-likeness (QED) is 0.408. The van der Waals surface area contributed by atoms with Crippen LogP contribution in [0.3, 0.4) is 0 Å². The van der Waals surface area contributed by atoms with E-state index >= 15 is 0 Å². The molecular weight excluding hydrogens is 246 g/mol. The Balaban J connectivity index is 2.14. The summed E-state index contributed by atoms with van der Waals surface area (Å²) in [6.07, 6.45) is 16.7. The average molecular weight is 281 g/mol. The molecule has 0 bridgehead atoms. The van der Waals surface area contributed by atoms with Crippen molar-refractivity contribution in [3.8, 4) is 0 Å². The molecule has 0 spiro atoms. The average Bonchev–Trinajstić information content (AvgIpc) is 2.50. The molecule has 1 aliphatic rings. The molecule has 2 atom stereocenters. The molecule has 2 heteroatoms. The zero-order valence-electron chi connectivity index (χ0n) is 13.5. The van der Waals surface area contributed by atoms with Crippen LogP contribution in [-0.2, 0) is 4.74 Å². The maximum Gasteiger partial charge on any atom is 0.0575 e. The van der Waals surface area contributed by atoms with E-state index in [0.717, 1.165) is 13.2 Å². The number of hydrogen-bond donors (Lipinski definition) is 1. The highest BCUT2D eigenvalue weighted by Gasteiger charge is 2.16. The van der Waals surface area contributed by atoms with Gasteiger partial charge in [0.1, 0.15) is 0 Å². The minimum absolute atomic E-state index is 0.537. The van der Waals surface area contributed by atoms with Gasteiger partial charge in [0.15, 0.2) is 0 Å². The topological polar surface area (TPSA) is 21.3 Å². The highest BCUT2D eigenvalue weighted by atomic mass is 16.5. The molecular formula is C18H35NO. The van der Waals surface area contributed by atoms with E-state index in [4.69, 9.17) is 4.74 Å². The molecule has 0 saturated carbocycles. The van der Waals surface area contributed by atoms with Crippen LogP contribution in [0.15, 0.2) is 12.7 Å².